The average Bonchev–Trinajstić information content (AvgIpc) is 2.30. The van der Waals surface area contributed by atoms with Crippen LogP contribution in [0.2, 0.25) is 5.02 Å². The summed E-state index contributed by atoms with van der Waals surface area (Å²) >= 11 is 5.75. The summed E-state index contributed by atoms with van der Waals surface area (Å²) in [6.45, 7) is 1.80. The number of nitrogens with one attached hydrogen (secondary N) is 1. The minimum absolute atomic E-state index is 0.125. The van der Waals surface area contributed by atoms with Gasteiger partial charge in [0.2, 0.25) is 0 Å². The molecule has 0 spiro atoms. The highest BCUT2D eigenvalue weighted by molar-refractivity contribution is 6.30. The number of aryl methyl sites for hydroxylation is 1. The number of halogens is 2. The smallest absolute Gasteiger partial charge is 0.337 e. The van der Waals surface area contributed by atoms with E-state index in [0.29, 0.717) is 11.4 Å². The molecular weight excluding hydrogens is 269 g/mol. The van der Waals surface area contributed by atoms with Gasteiger partial charge in [-0.3, -0.25) is 0 Å². The van der Waals surface area contributed by atoms with Gasteiger partial charge in [-0.15, -0.1) is 0 Å². The highest BCUT2D eigenvalue weighted by atomic mass is 35.5. The van der Waals surface area contributed by atoms with E-state index in [0.717, 1.165) is 5.56 Å². The molecule has 0 aliphatic rings. The molecule has 5 heteroatoms. The van der Waals surface area contributed by atoms with Crippen molar-refractivity contribution >= 4 is 28.9 Å². The Morgan fingerprint density at radius 3 is 2.63 bits per heavy atom. The van der Waals surface area contributed by atoms with Crippen LogP contribution in [0.5, 0.6) is 0 Å². The standard InChI is InChI=1S/C14H11ClFNO2/c1-8-2-3-13(12(4-8)14(18)19)17-11-6-9(15)5-10(16)7-11/h2-7,17H,1H3,(H,18,19). The Hall–Kier alpha value is -2.07. The van der Waals surface area contributed by atoms with Gasteiger partial charge in [0.05, 0.1) is 11.3 Å². The largest absolute Gasteiger partial charge is 0.478 e. The lowest BCUT2D eigenvalue weighted by Gasteiger charge is -2.11. The van der Waals surface area contributed by atoms with E-state index in [4.69, 9.17) is 16.7 Å². The molecule has 3 nitrogen and oxygen atoms in total. The number of rotatable bonds is 3. The normalized spacial score (nSPS) is 10.3. The first-order chi connectivity index (χ1) is 8.95. The van der Waals surface area contributed by atoms with Gasteiger partial charge >= 0.3 is 5.97 Å². The quantitative estimate of drug-likeness (QED) is 0.884. The van der Waals surface area contributed by atoms with Crippen LogP contribution in [-0.4, -0.2) is 11.1 Å². The summed E-state index contributed by atoms with van der Waals surface area (Å²) < 4.78 is 13.2. The minimum atomic E-state index is -1.05. The predicted molar refractivity (Wildman–Crippen MR) is 72.8 cm³/mol. The fourth-order valence-electron chi connectivity index (χ4n) is 1.73. The van der Waals surface area contributed by atoms with E-state index in [1.54, 1.807) is 25.1 Å². The second kappa shape index (κ2) is 5.28. The van der Waals surface area contributed by atoms with Gasteiger partial charge in [-0.1, -0.05) is 23.2 Å². The van der Waals surface area contributed by atoms with Gasteiger partial charge in [-0.25, -0.2) is 9.18 Å². The molecule has 0 atom stereocenters. The van der Waals surface area contributed by atoms with Gasteiger partial charge in [0.1, 0.15) is 5.82 Å². The van der Waals surface area contributed by atoms with E-state index in [2.05, 4.69) is 5.32 Å². The van der Waals surface area contributed by atoms with E-state index >= 15 is 0 Å². The van der Waals surface area contributed by atoms with Crippen LogP contribution in [0, 0.1) is 12.7 Å². The molecule has 98 valence electrons. The molecule has 0 aromatic heterocycles. The second-order valence-electron chi connectivity index (χ2n) is 4.14. The molecule has 0 bridgehead atoms. The van der Waals surface area contributed by atoms with Crippen molar-refractivity contribution in [1.82, 2.24) is 0 Å². The van der Waals surface area contributed by atoms with E-state index in [9.17, 15) is 9.18 Å². The van der Waals surface area contributed by atoms with Crippen molar-refractivity contribution in [2.75, 3.05) is 5.32 Å². The van der Waals surface area contributed by atoms with Gasteiger partial charge in [-0.2, -0.15) is 0 Å². The molecule has 2 N–H and O–H groups in total. The number of carboxylic acid groups (broad SMARTS) is 1. The Bertz CT molecular complexity index is 623. The lowest BCUT2D eigenvalue weighted by atomic mass is 10.1. The van der Waals surface area contributed by atoms with Crippen LogP contribution >= 0.6 is 11.6 Å². The van der Waals surface area contributed by atoms with Crippen LogP contribution < -0.4 is 5.32 Å². The molecule has 0 heterocycles. The molecule has 0 saturated carbocycles. The topological polar surface area (TPSA) is 49.3 Å². The van der Waals surface area contributed by atoms with Crippen LogP contribution in [0.4, 0.5) is 15.8 Å². The number of hydrogen-bond donors (Lipinski definition) is 2. The fourth-order valence-corrected chi connectivity index (χ4v) is 1.95. The minimum Gasteiger partial charge on any atom is -0.478 e. The molecule has 0 unspecified atom stereocenters. The molecule has 2 aromatic rings. The molecule has 2 rings (SSSR count). The molecule has 0 amide bonds. The van der Waals surface area contributed by atoms with Crippen LogP contribution in [0.3, 0.4) is 0 Å². The van der Waals surface area contributed by atoms with Crippen LogP contribution in [0.1, 0.15) is 15.9 Å². The highest BCUT2D eigenvalue weighted by Gasteiger charge is 2.11. The third kappa shape index (κ3) is 3.23. The summed E-state index contributed by atoms with van der Waals surface area (Å²) in [4.78, 5) is 11.2. The van der Waals surface area contributed by atoms with E-state index in [1.807, 2.05) is 0 Å². The highest BCUT2D eigenvalue weighted by Crippen LogP contribution is 2.25. The summed E-state index contributed by atoms with van der Waals surface area (Å²) in [5, 5.41) is 12.2. The summed E-state index contributed by atoms with van der Waals surface area (Å²) in [5.74, 6) is -1.53. The summed E-state index contributed by atoms with van der Waals surface area (Å²) in [6, 6.07) is 8.91. The molecule has 2 aromatic carbocycles. The Morgan fingerprint density at radius 2 is 2.00 bits per heavy atom. The molecule has 0 aliphatic heterocycles. The Kier molecular flexibility index (Phi) is 3.71. The molecule has 0 fully saturated rings. The lowest BCUT2D eigenvalue weighted by molar-refractivity contribution is 0.0698. The maximum absolute atomic E-state index is 13.2. The number of carboxylic acids is 1. The van der Waals surface area contributed by atoms with Gasteiger partial charge in [-0.05, 0) is 37.3 Å². The van der Waals surface area contributed by atoms with Crippen molar-refractivity contribution in [2.45, 2.75) is 6.92 Å². The van der Waals surface area contributed by atoms with E-state index in [-0.39, 0.29) is 10.6 Å². The van der Waals surface area contributed by atoms with Crippen molar-refractivity contribution in [3.8, 4) is 0 Å². The van der Waals surface area contributed by atoms with Crippen LogP contribution in [-0.2, 0) is 0 Å². The van der Waals surface area contributed by atoms with Crippen molar-refractivity contribution in [3.05, 3.63) is 58.4 Å². The number of benzene rings is 2. The zero-order valence-electron chi connectivity index (χ0n) is 10.1. The Labute approximate surface area is 114 Å². The summed E-state index contributed by atoms with van der Waals surface area (Å²) in [6.07, 6.45) is 0. The zero-order chi connectivity index (χ0) is 14.0. The van der Waals surface area contributed by atoms with Gasteiger partial charge < -0.3 is 10.4 Å². The van der Waals surface area contributed by atoms with Crippen molar-refractivity contribution in [1.29, 1.82) is 0 Å². The number of carbonyl (C=O) groups is 1. The first-order valence-electron chi connectivity index (χ1n) is 5.53. The molecule has 19 heavy (non-hydrogen) atoms. The van der Waals surface area contributed by atoms with Crippen molar-refractivity contribution in [3.63, 3.8) is 0 Å². The number of aromatic carboxylic acids is 1. The number of hydrogen-bond acceptors (Lipinski definition) is 2. The average molecular weight is 280 g/mol. The first kappa shape index (κ1) is 13.4. The van der Waals surface area contributed by atoms with Gasteiger partial charge in [0.15, 0.2) is 0 Å². The van der Waals surface area contributed by atoms with Gasteiger partial charge in [0.25, 0.3) is 0 Å². The van der Waals surface area contributed by atoms with E-state index in [1.165, 1.54) is 18.2 Å². The summed E-state index contributed by atoms with van der Waals surface area (Å²) in [5.41, 5.74) is 1.75. The Morgan fingerprint density at radius 1 is 1.26 bits per heavy atom. The third-order valence-corrected chi connectivity index (χ3v) is 2.77. The fraction of sp³-hybridized carbons (Fsp3) is 0.0714. The van der Waals surface area contributed by atoms with Crippen molar-refractivity contribution in [2.24, 2.45) is 0 Å². The second-order valence-corrected chi connectivity index (χ2v) is 4.57. The first-order valence-corrected chi connectivity index (χ1v) is 5.90. The van der Waals surface area contributed by atoms with Crippen molar-refractivity contribution < 1.29 is 14.3 Å². The number of anilines is 2. The molecular formula is C14H11ClFNO2. The summed E-state index contributed by atoms with van der Waals surface area (Å²) in [7, 11) is 0. The molecule has 0 saturated heterocycles. The Balaban J connectivity index is 2.40. The van der Waals surface area contributed by atoms with E-state index < -0.39 is 11.8 Å². The maximum Gasteiger partial charge on any atom is 0.337 e. The van der Waals surface area contributed by atoms with Crippen LogP contribution in [0.25, 0.3) is 0 Å². The monoisotopic (exact) mass is 279 g/mol. The predicted octanol–water partition coefficient (Wildman–Crippen LogP) is 4.23. The lowest BCUT2D eigenvalue weighted by Crippen LogP contribution is -2.03. The maximum atomic E-state index is 13.2. The van der Waals surface area contributed by atoms with Crippen LogP contribution in [0.15, 0.2) is 36.4 Å². The molecule has 0 aliphatic carbocycles. The zero-order valence-corrected chi connectivity index (χ0v) is 10.8. The SMILES string of the molecule is Cc1ccc(Nc2cc(F)cc(Cl)c2)c(C(=O)O)c1. The molecule has 0 radical (unpaired) electrons. The third-order valence-electron chi connectivity index (χ3n) is 2.55. The van der Waals surface area contributed by atoms with Gasteiger partial charge in [0, 0.05) is 10.7 Å².